The van der Waals surface area contributed by atoms with Crippen molar-refractivity contribution in [2.45, 2.75) is 13.1 Å². The molecule has 1 heterocycles. The molecular weight excluding hydrogens is 363 g/mol. The molecule has 3 aromatic rings. The lowest BCUT2D eigenvalue weighted by molar-refractivity contribution is -0.385. The minimum absolute atomic E-state index is 0.0150. The van der Waals surface area contributed by atoms with E-state index in [1.54, 1.807) is 24.3 Å². The van der Waals surface area contributed by atoms with Crippen molar-refractivity contribution in [3.8, 4) is 22.7 Å². The number of aryl methyl sites for hydroxylation is 1. The summed E-state index contributed by atoms with van der Waals surface area (Å²) >= 11 is 0. The standard InChI is InChI=1S/C18H14F3N3O3/c1-11-3-6-13(7-4-11)23-14(10-17(22-23)18(19,20)21)12-5-8-16(27-2)15(9-12)24(25)26/h3-10H,1-2H3. The number of aromatic nitrogens is 2. The summed E-state index contributed by atoms with van der Waals surface area (Å²) in [6.07, 6.45) is -4.65. The summed E-state index contributed by atoms with van der Waals surface area (Å²) in [5.74, 6) is 0.0150. The van der Waals surface area contributed by atoms with E-state index in [0.717, 1.165) is 16.3 Å². The van der Waals surface area contributed by atoms with Crippen LogP contribution in [0.4, 0.5) is 18.9 Å². The first-order valence-corrected chi connectivity index (χ1v) is 7.78. The van der Waals surface area contributed by atoms with E-state index in [1.807, 2.05) is 6.92 Å². The summed E-state index contributed by atoms with van der Waals surface area (Å²) in [5.41, 5.74) is 0.202. The Morgan fingerprint density at radius 1 is 1.11 bits per heavy atom. The molecule has 9 heteroatoms. The fraction of sp³-hybridized carbons (Fsp3) is 0.167. The number of rotatable bonds is 4. The Balaban J connectivity index is 2.22. The van der Waals surface area contributed by atoms with Crippen molar-refractivity contribution >= 4 is 5.69 Å². The lowest BCUT2D eigenvalue weighted by atomic mass is 10.1. The van der Waals surface area contributed by atoms with Gasteiger partial charge in [0.25, 0.3) is 0 Å². The summed E-state index contributed by atoms with van der Waals surface area (Å²) in [5, 5.41) is 14.9. The molecule has 0 fully saturated rings. The Labute approximate surface area is 152 Å². The lowest BCUT2D eigenvalue weighted by Gasteiger charge is -2.09. The molecular formula is C18H14F3N3O3. The van der Waals surface area contributed by atoms with E-state index in [1.165, 1.54) is 25.3 Å². The smallest absolute Gasteiger partial charge is 0.435 e. The highest BCUT2D eigenvalue weighted by Crippen LogP contribution is 2.36. The molecule has 0 aliphatic heterocycles. The topological polar surface area (TPSA) is 70.2 Å². The lowest BCUT2D eigenvalue weighted by Crippen LogP contribution is -2.07. The second-order valence-electron chi connectivity index (χ2n) is 5.80. The van der Waals surface area contributed by atoms with Crippen molar-refractivity contribution < 1.29 is 22.8 Å². The zero-order valence-electron chi connectivity index (χ0n) is 14.3. The van der Waals surface area contributed by atoms with Crippen LogP contribution in [0.15, 0.2) is 48.5 Å². The van der Waals surface area contributed by atoms with Gasteiger partial charge >= 0.3 is 11.9 Å². The zero-order chi connectivity index (χ0) is 19.8. The normalized spacial score (nSPS) is 11.4. The predicted molar refractivity (Wildman–Crippen MR) is 91.9 cm³/mol. The molecule has 140 valence electrons. The SMILES string of the molecule is COc1ccc(-c2cc(C(F)(F)F)nn2-c2ccc(C)cc2)cc1[N+](=O)[O-]. The van der Waals surface area contributed by atoms with Gasteiger partial charge in [-0.2, -0.15) is 18.3 Å². The number of alkyl halides is 3. The highest BCUT2D eigenvalue weighted by Gasteiger charge is 2.35. The van der Waals surface area contributed by atoms with Crippen LogP contribution >= 0.6 is 0 Å². The molecule has 0 saturated carbocycles. The van der Waals surface area contributed by atoms with Crippen LogP contribution in [0.2, 0.25) is 0 Å². The van der Waals surface area contributed by atoms with Crippen LogP contribution in [0.25, 0.3) is 16.9 Å². The number of halogens is 3. The average molecular weight is 377 g/mol. The molecule has 0 aliphatic rings. The zero-order valence-corrected chi connectivity index (χ0v) is 14.3. The van der Waals surface area contributed by atoms with E-state index in [4.69, 9.17) is 4.74 Å². The second-order valence-corrected chi connectivity index (χ2v) is 5.80. The largest absolute Gasteiger partial charge is 0.490 e. The fourth-order valence-electron chi connectivity index (χ4n) is 2.60. The fourth-order valence-corrected chi connectivity index (χ4v) is 2.60. The molecule has 0 radical (unpaired) electrons. The number of hydrogen-bond acceptors (Lipinski definition) is 4. The van der Waals surface area contributed by atoms with E-state index in [0.29, 0.717) is 5.69 Å². The first-order chi connectivity index (χ1) is 12.7. The van der Waals surface area contributed by atoms with Crippen LogP contribution in [-0.4, -0.2) is 21.8 Å². The Bertz CT molecular complexity index is 995. The molecule has 6 nitrogen and oxygen atoms in total. The molecule has 1 aromatic heterocycles. The number of methoxy groups -OCH3 is 1. The highest BCUT2D eigenvalue weighted by molar-refractivity contribution is 5.68. The highest BCUT2D eigenvalue weighted by atomic mass is 19.4. The number of benzene rings is 2. The number of nitro groups is 1. The van der Waals surface area contributed by atoms with Crippen LogP contribution in [0.3, 0.4) is 0 Å². The van der Waals surface area contributed by atoms with Crippen molar-refractivity contribution in [2.75, 3.05) is 7.11 Å². The van der Waals surface area contributed by atoms with Gasteiger partial charge in [-0.1, -0.05) is 17.7 Å². The Morgan fingerprint density at radius 2 is 1.78 bits per heavy atom. The molecule has 0 spiro atoms. The van der Waals surface area contributed by atoms with Gasteiger partial charge in [-0.25, -0.2) is 4.68 Å². The second kappa shape index (κ2) is 6.75. The van der Waals surface area contributed by atoms with Gasteiger partial charge in [0.2, 0.25) is 0 Å². The molecule has 0 aliphatic carbocycles. The molecule has 0 bridgehead atoms. The van der Waals surface area contributed by atoms with Gasteiger partial charge in [-0.05, 0) is 37.3 Å². The molecule has 2 aromatic carbocycles. The van der Waals surface area contributed by atoms with E-state index < -0.39 is 16.8 Å². The quantitative estimate of drug-likeness (QED) is 0.484. The Hall–Kier alpha value is -3.36. The minimum Gasteiger partial charge on any atom is -0.490 e. The average Bonchev–Trinajstić information content (AvgIpc) is 3.07. The first kappa shape index (κ1) is 18.4. The van der Waals surface area contributed by atoms with Crippen molar-refractivity contribution in [1.29, 1.82) is 0 Å². The van der Waals surface area contributed by atoms with Crippen LogP contribution in [0, 0.1) is 17.0 Å². The summed E-state index contributed by atoms with van der Waals surface area (Å²) in [6, 6.07) is 11.6. The maximum absolute atomic E-state index is 13.2. The Kier molecular flexibility index (Phi) is 4.61. The monoisotopic (exact) mass is 377 g/mol. The van der Waals surface area contributed by atoms with Crippen molar-refractivity contribution in [3.63, 3.8) is 0 Å². The summed E-state index contributed by atoms with van der Waals surface area (Å²) in [7, 11) is 1.28. The van der Waals surface area contributed by atoms with Crippen molar-refractivity contribution in [3.05, 3.63) is 69.9 Å². The van der Waals surface area contributed by atoms with E-state index >= 15 is 0 Å². The van der Waals surface area contributed by atoms with Crippen LogP contribution in [-0.2, 0) is 6.18 Å². The van der Waals surface area contributed by atoms with Crippen LogP contribution < -0.4 is 4.74 Å². The third kappa shape index (κ3) is 3.62. The van der Waals surface area contributed by atoms with E-state index in [-0.39, 0.29) is 22.7 Å². The van der Waals surface area contributed by atoms with Gasteiger partial charge < -0.3 is 4.74 Å². The van der Waals surface area contributed by atoms with E-state index in [2.05, 4.69) is 5.10 Å². The molecule has 0 N–H and O–H groups in total. The van der Waals surface area contributed by atoms with Gasteiger partial charge in [0.15, 0.2) is 11.4 Å². The van der Waals surface area contributed by atoms with Crippen LogP contribution in [0.5, 0.6) is 5.75 Å². The van der Waals surface area contributed by atoms with E-state index in [9.17, 15) is 23.3 Å². The molecule has 0 unspecified atom stereocenters. The third-order valence-electron chi connectivity index (χ3n) is 3.95. The Morgan fingerprint density at radius 3 is 2.33 bits per heavy atom. The minimum atomic E-state index is -4.65. The molecule has 3 rings (SSSR count). The summed E-state index contributed by atoms with van der Waals surface area (Å²) < 4.78 is 45.7. The van der Waals surface area contributed by atoms with Gasteiger partial charge in [-0.3, -0.25) is 10.1 Å². The maximum atomic E-state index is 13.2. The van der Waals surface area contributed by atoms with Gasteiger partial charge in [0.05, 0.1) is 23.4 Å². The number of nitrogens with zero attached hydrogens (tertiary/aromatic N) is 3. The molecule has 0 amide bonds. The predicted octanol–water partition coefficient (Wildman–Crippen LogP) is 4.78. The van der Waals surface area contributed by atoms with Gasteiger partial charge in [0, 0.05) is 11.6 Å². The van der Waals surface area contributed by atoms with Gasteiger partial charge in [0.1, 0.15) is 0 Å². The third-order valence-corrected chi connectivity index (χ3v) is 3.95. The maximum Gasteiger partial charge on any atom is 0.435 e. The summed E-state index contributed by atoms with van der Waals surface area (Å²) in [6.45, 7) is 1.85. The number of nitro benzene ring substituents is 1. The summed E-state index contributed by atoms with van der Waals surface area (Å²) in [4.78, 5) is 10.6. The molecule has 27 heavy (non-hydrogen) atoms. The molecule has 0 atom stereocenters. The number of hydrogen-bond donors (Lipinski definition) is 0. The van der Waals surface area contributed by atoms with Crippen LogP contribution in [0.1, 0.15) is 11.3 Å². The molecule has 0 saturated heterocycles. The van der Waals surface area contributed by atoms with Gasteiger partial charge in [-0.15, -0.1) is 0 Å². The van der Waals surface area contributed by atoms with Crippen molar-refractivity contribution in [2.24, 2.45) is 0 Å². The van der Waals surface area contributed by atoms with Crippen molar-refractivity contribution in [1.82, 2.24) is 9.78 Å². The number of ether oxygens (including phenoxy) is 1. The first-order valence-electron chi connectivity index (χ1n) is 7.78.